The summed E-state index contributed by atoms with van der Waals surface area (Å²) in [6, 6.07) is 74.1. The molecule has 8 aromatic carbocycles. The maximum absolute atomic E-state index is 2.43. The molecule has 0 aliphatic heterocycles. The smallest absolute Gasteiger partial charge is 0.0546 e. The normalized spacial score (nSPS) is 11.2. The fraction of sp³-hybridized carbons (Fsp3) is 0. The third-order valence-corrected chi connectivity index (χ3v) is 9.59. The third kappa shape index (κ3) is 5.15. The lowest BCUT2D eigenvalue weighted by Gasteiger charge is -2.30. The summed E-state index contributed by atoms with van der Waals surface area (Å²) < 4.78 is 2.37. The van der Waals surface area contributed by atoms with E-state index >= 15 is 0 Å². The molecule has 0 aliphatic carbocycles. The summed E-state index contributed by atoms with van der Waals surface area (Å²) in [6.07, 6.45) is 0. The maximum atomic E-state index is 2.43. The van der Waals surface area contributed by atoms with Crippen molar-refractivity contribution in [1.82, 2.24) is 4.57 Å². The van der Waals surface area contributed by atoms with E-state index in [4.69, 9.17) is 0 Å². The van der Waals surface area contributed by atoms with Crippen LogP contribution in [0.2, 0.25) is 0 Å². The lowest BCUT2D eigenvalue weighted by atomic mass is 9.87. The largest absolute Gasteiger partial charge is 0.310 e. The Morgan fingerprint density at radius 1 is 0.340 bits per heavy atom. The van der Waals surface area contributed by atoms with Crippen molar-refractivity contribution in [3.8, 4) is 39.1 Å². The Morgan fingerprint density at radius 3 is 1.60 bits per heavy atom. The highest BCUT2D eigenvalue weighted by molar-refractivity contribution is 6.11. The van der Waals surface area contributed by atoms with Gasteiger partial charge in [-0.25, -0.2) is 0 Å². The SMILES string of the molecule is c1ccc(-c2ccccc2-c2c(-c3ccccc3)cccc2N(c2ccccc2)c2ccc3c(c2)c2ccccc2n3-c2ccccc2)cc1. The Bertz CT molecular complexity index is 2570. The number of aromatic nitrogens is 1. The van der Waals surface area contributed by atoms with Gasteiger partial charge in [-0.15, -0.1) is 0 Å². The first-order valence-electron chi connectivity index (χ1n) is 17.1. The van der Waals surface area contributed by atoms with Gasteiger partial charge in [-0.3, -0.25) is 0 Å². The Balaban J connectivity index is 1.34. The number of hydrogen-bond donors (Lipinski definition) is 0. The van der Waals surface area contributed by atoms with Crippen molar-refractivity contribution in [1.29, 1.82) is 0 Å². The maximum Gasteiger partial charge on any atom is 0.0546 e. The number of para-hydroxylation sites is 3. The summed E-state index contributed by atoms with van der Waals surface area (Å²) in [5.74, 6) is 0. The van der Waals surface area contributed by atoms with E-state index in [0.29, 0.717) is 0 Å². The number of nitrogens with zero attached hydrogens (tertiary/aromatic N) is 2. The van der Waals surface area contributed by atoms with E-state index in [0.717, 1.165) is 22.7 Å². The van der Waals surface area contributed by atoms with E-state index in [-0.39, 0.29) is 0 Å². The first kappa shape index (κ1) is 29.5. The van der Waals surface area contributed by atoms with Crippen LogP contribution in [0.3, 0.4) is 0 Å². The van der Waals surface area contributed by atoms with Crippen molar-refractivity contribution in [2.24, 2.45) is 0 Å². The average Bonchev–Trinajstić information content (AvgIpc) is 3.53. The highest BCUT2D eigenvalue weighted by atomic mass is 15.1. The quantitative estimate of drug-likeness (QED) is 0.169. The van der Waals surface area contributed by atoms with Crippen LogP contribution in [0, 0.1) is 0 Å². The van der Waals surface area contributed by atoms with Crippen LogP contribution in [0.5, 0.6) is 0 Å². The Hall–Kier alpha value is -6.64. The molecule has 9 aromatic rings. The van der Waals surface area contributed by atoms with Gasteiger partial charge < -0.3 is 9.47 Å². The van der Waals surface area contributed by atoms with Gasteiger partial charge in [0.15, 0.2) is 0 Å². The predicted octanol–water partition coefficient (Wildman–Crippen LogP) is 13.3. The second-order valence-electron chi connectivity index (χ2n) is 12.5. The molecule has 0 spiro atoms. The number of benzene rings is 8. The van der Waals surface area contributed by atoms with Crippen LogP contribution in [0.1, 0.15) is 0 Å². The standard InChI is InChI=1S/C48H34N2/c1-5-18-35(19-6-1)40-26-13-14-28-43(40)48-41(36-20-7-2-8-21-36)29-17-31-47(48)49(37-22-9-3-10-23-37)39-32-33-46-44(34-39)42-27-15-16-30-45(42)50(46)38-24-11-4-12-25-38/h1-34H. The molecule has 50 heavy (non-hydrogen) atoms. The monoisotopic (exact) mass is 638 g/mol. The molecule has 0 bridgehead atoms. The van der Waals surface area contributed by atoms with Crippen molar-refractivity contribution >= 4 is 38.9 Å². The average molecular weight is 639 g/mol. The minimum Gasteiger partial charge on any atom is -0.310 e. The number of fused-ring (bicyclic) bond motifs is 3. The molecule has 0 saturated heterocycles. The van der Waals surface area contributed by atoms with E-state index in [1.54, 1.807) is 0 Å². The number of anilines is 3. The van der Waals surface area contributed by atoms with Gasteiger partial charge in [0.25, 0.3) is 0 Å². The van der Waals surface area contributed by atoms with E-state index in [1.165, 1.54) is 55.2 Å². The molecule has 1 aromatic heterocycles. The molecule has 236 valence electrons. The van der Waals surface area contributed by atoms with Gasteiger partial charge in [0, 0.05) is 33.4 Å². The summed E-state index contributed by atoms with van der Waals surface area (Å²) in [7, 11) is 0. The summed E-state index contributed by atoms with van der Waals surface area (Å²) in [4.78, 5) is 2.43. The van der Waals surface area contributed by atoms with Crippen LogP contribution < -0.4 is 4.90 Å². The lowest BCUT2D eigenvalue weighted by Crippen LogP contribution is -2.12. The highest BCUT2D eigenvalue weighted by Gasteiger charge is 2.23. The van der Waals surface area contributed by atoms with Crippen LogP contribution in [0.4, 0.5) is 17.1 Å². The Labute approximate surface area is 292 Å². The van der Waals surface area contributed by atoms with Crippen LogP contribution in [0.15, 0.2) is 206 Å². The lowest BCUT2D eigenvalue weighted by molar-refractivity contribution is 1.18. The Morgan fingerprint density at radius 2 is 0.880 bits per heavy atom. The molecule has 0 fully saturated rings. The predicted molar refractivity (Wildman–Crippen MR) is 212 cm³/mol. The zero-order valence-electron chi connectivity index (χ0n) is 27.5. The molecular formula is C48H34N2. The second-order valence-corrected chi connectivity index (χ2v) is 12.5. The molecule has 0 unspecified atom stereocenters. The first-order valence-corrected chi connectivity index (χ1v) is 17.1. The molecule has 0 N–H and O–H groups in total. The third-order valence-electron chi connectivity index (χ3n) is 9.59. The van der Waals surface area contributed by atoms with Crippen molar-refractivity contribution in [2.45, 2.75) is 0 Å². The van der Waals surface area contributed by atoms with E-state index in [9.17, 15) is 0 Å². The van der Waals surface area contributed by atoms with Crippen molar-refractivity contribution in [3.05, 3.63) is 206 Å². The number of hydrogen-bond acceptors (Lipinski definition) is 1. The van der Waals surface area contributed by atoms with Crippen LogP contribution in [0.25, 0.3) is 60.9 Å². The van der Waals surface area contributed by atoms with Gasteiger partial charge in [-0.05, 0) is 82.4 Å². The fourth-order valence-corrected chi connectivity index (χ4v) is 7.40. The van der Waals surface area contributed by atoms with Gasteiger partial charge in [0.1, 0.15) is 0 Å². The minimum atomic E-state index is 1.10. The molecule has 0 amide bonds. The second kappa shape index (κ2) is 12.8. The molecule has 0 saturated carbocycles. The zero-order valence-corrected chi connectivity index (χ0v) is 27.5. The van der Waals surface area contributed by atoms with Crippen LogP contribution >= 0.6 is 0 Å². The van der Waals surface area contributed by atoms with Gasteiger partial charge >= 0.3 is 0 Å². The summed E-state index contributed by atoms with van der Waals surface area (Å²) in [6.45, 7) is 0. The highest BCUT2D eigenvalue weighted by Crippen LogP contribution is 2.48. The number of rotatable bonds is 7. The van der Waals surface area contributed by atoms with Gasteiger partial charge in [-0.2, -0.15) is 0 Å². The van der Waals surface area contributed by atoms with E-state index < -0.39 is 0 Å². The molecule has 9 rings (SSSR count). The molecule has 2 heteroatoms. The van der Waals surface area contributed by atoms with E-state index in [2.05, 4.69) is 216 Å². The molecule has 1 heterocycles. The van der Waals surface area contributed by atoms with Crippen LogP contribution in [-0.2, 0) is 0 Å². The molecule has 0 aliphatic rings. The molecule has 0 radical (unpaired) electrons. The van der Waals surface area contributed by atoms with Crippen molar-refractivity contribution in [2.75, 3.05) is 4.90 Å². The summed E-state index contributed by atoms with van der Waals surface area (Å²) >= 11 is 0. The van der Waals surface area contributed by atoms with Crippen LogP contribution in [-0.4, -0.2) is 4.57 Å². The van der Waals surface area contributed by atoms with E-state index in [1.807, 2.05) is 0 Å². The van der Waals surface area contributed by atoms with Gasteiger partial charge in [-0.1, -0.05) is 152 Å². The topological polar surface area (TPSA) is 8.17 Å². The zero-order chi connectivity index (χ0) is 33.3. The van der Waals surface area contributed by atoms with Gasteiger partial charge in [0.05, 0.1) is 16.7 Å². The van der Waals surface area contributed by atoms with Crippen molar-refractivity contribution < 1.29 is 0 Å². The summed E-state index contributed by atoms with van der Waals surface area (Å²) in [5, 5.41) is 2.45. The van der Waals surface area contributed by atoms with Crippen molar-refractivity contribution in [3.63, 3.8) is 0 Å². The fourth-order valence-electron chi connectivity index (χ4n) is 7.40. The Kier molecular flexibility index (Phi) is 7.53. The van der Waals surface area contributed by atoms with Gasteiger partial charge in [0.2, 0.25) is 0 Å². The summed E-state index contributed by atoms with van der Waals surface area (Å²) in [5.41, 5.74) is 14.0. The molecule has 0 atom stereocenters. The molecule has 2 nitrogen and oxygen atoms in total. The first-order chi connectivity index (χ1) is 24.8. The molecular weight excluding hydrogens is 605 g/mol. The minimum absolute atomic E-state index is 1.10.